The fourth-order valence-electron chi connectivity index (χ4n) is 2.21. The molecule has 1 aliphatic rings. The molecule has 2 N–H and O–H groups in total. The SMILES string of the molecule is CCN(CC)SNCC1CCC(C(=O)O)CC1. The monoisotopic (exact) mass is 260 g/mol. The Hall–Kier alpha value is -0.260. The van der Waals surface area contributed by atoms with Crippen LogP contribution >= 0.6 is 12.1 Å². The van der Waals surface area contributed by atoms with E-state index in [0.717, 1.165) is 45.3 Å². The van der Waals surface area contributed by atoms with Crippen molar-refractivity contribution in [1.29, 1.82) is 0 Å². The third kappa shape index (κ3) is 5.27. The number of carbonyl (C=O) groups is 1. The Labute approximate surface area is 108 Å². The number of nitrogens with zero attached hydrogens (tertiary/aromatic N) is 1. The number of aliphatic carboxylic acids is 1. The van der Waals surface area contributed by atoms with Crippen LogP contribution < -0.4 is 4.72 Å². The summed E-state index contributed by atoms with van der Waals surface area (Å²) in [6.07, 6.45) is 3.78. The first-order chi connectivity index (χ1) is 8.17. The number of nitrogens with one attached hydrogen (secondary N) is 1. The van der Waals surface area contributed by atoms with E-state index in [-0.39, 0.29) is 5.92 Å². The maximum absolute atomic E-state index is 10.8. The van der Waals surface area contributed by atoms with Gasteiger partial charge in [0.2, 0.25) is 0 Å². The molecule has 1 saturated carbocycles. The van der Waals surface area contributed by atoms with Crippen molar-refractivity contribution in [1.82, 2.24) is 9.03 Å². The molecule has 1 fully saturated rings. The molecule has 0 aromatic rings. The van der Waals surface area contributed by atoms with E-state index >= 15 is 0 Å². The maximum Gasteiger partial charge on any atom is 0.306 e. The van der Waals surface area contributed by atoms with Gasteiger partial charge in [-0.25, -0.2) is 4.31 Å². The topological polar surface area (TPSA) is 52.6 Å². The first kappa shape index (κ1) is 14.8. The lowest BCUT2D eigenvalue weighted by atomic mass is 9.82. The van der Waals surface area contributed by atoms with Crippen molar-refractivity contribution in [3.8, 4) is 0 Å². The van der Waals surface area contributed by atoms with Crippen LogP contribution in [0.25, 0.3) is 0 Å². The highest BCUT2D eigenvalue weighted by atomic mass is 32.2. The van der Waals surface area contributed by atoms with E-state index in [0.29, 0.717) is 5.92 Å². The predicted molar refractivity (Wildman–Crippen MR) is 71.6 cm³/mol. The predicted octanol–water partition coefficient (Wildman–Crippen LogP) is 2.37. The molecule has 4 nitrogen and oxygen atoms in total. The second-order valence-electron chi connectivity index (χ2n) is 4.61. The van der Waals surface area contributed by atoms with Crippen LogP contribution in [0.5, 0.6) is 0 Å². The van der Waals surface area contributed by atoms with Crippen molar-refractivity contribution in [2.75, 3.05) is 19.6 Å². The number of rotatable bonds is 7. The van der Waals surface area contributed by atoms with Gasteiger partial charge in [-0.3, -0.25) is 9.52 Å². The van der Waals surface area contributed by atoms with Gasteiger partial charge < -0.3 is 5.11 Å². The largest absolute Gasteiger partial charge is 0.481 e. The van der Waals surface area contributed by atoms with Gasteiger partial charge in [-0.05, 0) is 31.6 Å². The van der Waals surface area contributed by atoms with E-state index < -0.39 is 5.97 Å². The molecule has 0 bridgehead atoms. The molecule has 0 saturated heterocycles. The molecule has 100 valence electrons. The molecule has 0 spiro atoms. The summed E-state index contributed by atoms with van der Waals surface area (Å²) in [4.78, 5) is 10.8. The van der Waals surface area contributed by atoms with Crippen molar-refractivity contribution >= 4 is 18.1 Å². The van der Waals surface area contributed by atoms with Crippen LogP contribution in [0, 0.1) is 11.8 Å². The van der Waals surface area contributed by atoms with Gasteiger partial charge in [-0.15, -0.1) is 0 Å². The number of carboxylic acid groups (broad SMARTS) is 1. The fourth-order valence-corrected chi connectivity index (χ4v) is 2.96. The Bertz CT molecular complexity index is 227. The lowest BCUT2D eigenvalue weighted by Crippen LogP contribution is -2.28. The Balaban J connectivity index is 2.12. The van der Waals surface area contributed by atoms with Gasteiger partial charge in [0.25, 0.3) is 0 Å². The molecule has 0 radical (unpaired) electrons. The zero-order chi connectivity index (χ0) is 12.7. The lowest BCUT2D eigenvalue weighted by molar-refractivity contribution is -0.143. The first-order valence-electron chi connectivity index (χ1n) is 6.54. The Morgan fingerprint density at radius 3 is 2.35 bits per heavy atom. The van der Waals surface area contributed by atoms with E-state index in [1.54, 1.807) is 12.1 Å². The second kappa shape index (κ2) is 7.95. The summed E-state index contributed by atoms with van der Waals surface area (Å²) in [5.74, 6) is -0.0655. The molecule has 17 heavy (non-hydrogen) atoms. The van der Waals surface area contributed by atoms with E-state index in [2.05, 4.69) is 22.9 Å². The van der Waals surface area contributed by atoms with Gasteiger partial charge >= 0.3 is 5.97 Å². The maximum atomic E-state index is 10.8. The smallest absolute Gasteiger partial charge is 0.306 e. The second-order valence-corrected chi connectivity index (χ2v) is 5.60. The Morgan fingerprint density at radius 2 is 1.88 bits per heavy atom. The summed E-state index contributed by atoms with van der Waals surface area (Å²) >= 11 is 1.69. The zero-order valence-electron chi connectivity index (χ0n) is 10.8. The average molecular weight is 260 g/mol. The molecule has 0 atom stereocenters. The van der Waals surface area contributed by atoms with Crippen LogP contribution in [-0.4, -0.2) is 35.0 Å². The molecule has 1 aliphatic carbocycles. The number of carboxylic acids is 1. The van der Waals surface area contributed by atoms with Crippen molar-refractivity contribution in [2.24, 2.45) is 11.8 Å². The van der Waals surface area contributed by atoms with E-state index in [1.165, 1.54) is 0 Å². The molecule has 0 unspecified atom stereocenters. The summed E-state index contributed by atoms with van der Waals surface area (Å²) in [6, 6.07) is 0. The van der Waals surface area contributed by atoms with Crippen LogP contribution in [0.4, 0.5) is 0 Å². The van der Waals surface area contributed by atoms with Crippen LogP contribution in [0.15, 0.2) is 0 Å². The van der Waals surface area contributed by atoms with E-state index in [1.807, 2.05) is 0 Å². The molecule has 0 aromatic heterocycles. The van der Waals surface area contributed by atoms with Crippen molar-refractivity contribution in [3.05, 3.63) is 0 Å². The van der Waals surface area contributed by atoms with Crippen LogP contribution in [0.1, 0.15) is 39.5 Å². The van der Waals surface area contributed by atoms with E-state index in [9.17, 15) is 4.79 Å². The highest BCUT2D eigenvalue weighted by molar-refractivity contribution is 7.95. The normalized spacial score (nSPS) is 25.1. The van der Waals surface area contributed by atoms with Gasteiger partial charge in [0.15, 0.2) is 0 Å². The van der Waals surface area contributed by atoms with Crippen molar-refractivity contribution in [3.63, 3.8) is 0 Å². The molecule has 0 amide bonds. The average Bonchev–Trinajstić information content (AvgIpc) is 2.35. The fraction of sp³-hybridized carbons (Fsp3) is 0.917. The van der Waals surface area contributed by atoms with Crippen molar-refractivity contribution in [2.45, 2.75) is 39.5 Å². The molecule has 1 rings (SSSR count). The zero-order valence-corrected chi connectivity index (χ0v) is 11.6. The molecule has 5 heteroatoms. The first-order valence-corrected chi connectivity index (χ1v) is 7.32. The van der Waals surface area contributed by atoms with Gasteiger partial charge in [0.05, 0.1) is 5.92 Å². The minimum absolute atomic E-state index is 0.0957. The Morgan fingerprint density at radius 1 is 1.29 bits per heavy atom. The van der Waals surface area contributed by atoms with Crippen LogP contribution in [0.3, 0.4) is 0 Å². The van der Waals surface area contributed by atoms with Gasteiger partial charge in [0.1, 0.15) is 0 Å². The lowest BCUT2D eigenvalue weighted by Gasteiger charge is -2.27. The van der Waals surface area contributed by atoms with Gasteiger partial charge in [0, 0.05) is 31.8 Å². The number of hydrogen-bond donors (Lipinski definition) is 2. The van der Waals surface area contributed by atoms with Crippen LogP contribution in [-0.2, 0) is 4.79 Å². The summed E-state index contributed by atoms with van der Waals surface area (Å²) in [6.45, 7) is 7.37. The molecule has 0 aromatic carbocycles. The number of hydrogen-bond acceptors (Lipinski definition) is 4. The third-order valence-corrected chi connectivity index (χ3v) is 4.54. The minimum atomic E-state index is -0.617. The van der Waals surface area contributed by atoms with E-state index in [4.69, 9.17) is 5.11 Å². The summed E-state index contributed by atoms with van der Waals surface area (Å²) in [5.41, 5.74) is 0. The highest BCUT2D eigenvalue weighted by Crippen LogP contribution is 2.28. The van der Waals surface area contributed by atoms with Crippen LogP contribution in [0.2, 0.25) is 0 Å². The summed E-state index contributed by atoms with van der Waals surface area (Å²) in [5, 5.41) is 8.91. The van der Waals surface area contributed by atoms with Gasteiger partial charge in [-0.2, -0.15) is 0 Å². The molecule has 0 aliphatic heterocycles. The standard InChI is InChI=1S/C12H24N2O2S/c1-3-14(4-2)17-13-9-10-5-7-11(8-6-10)12(15)16/h10-11,13H,3-9H2,1-2H3,(H,15,16). The van der Waals surface area contributed by atoms with Gasteiger partial charge in [-0.1, -0.05) is 13.8 Å². The quantitative estimate of drug-likeness (QED) is 0.688. The highest BCUT2D eigenvalue weighted by Gasteiger charge is 2.25. The molecule has 0 heterocycles. The van der Waals surface area contributed by atoms with Crippen molar-refractivity contribution < 1.29 is 9.90 Å². The molecular formula is C12H24N2O2S. The minimum Gasteiger partial charge on any atom is -0.481 e. The Kier molecular flexibility index (Phi) is 6.92. The summed E-state index contributed by atoms with van der Waals surface area (Å²) in [7, 11) is 0. The molecular weight excluding hydrogens is 236 g/mol. The third-order valence-electron chi connectivity index (χ3n) is 3.47. The summed E-state index contributed by atoms with van der Waals surface area (Å²) < 4.78 is 5.66.